The minimum absolute atomic E-state index is 0.361. The topological polar surface area (TPSA) is 17.1 Å². The van der Waals surface area contributed by atoms with Gasteiger partial charge < -0.3 is 0 Å². The lowest BCUT2D eigenvalue weighted by Crippen LogP contribution is -1.62. The number of hydrogen-bond acceptors (Lipinski definition) is 1. The van der Waals surface area contributed by atoms with E-state index in [1.807, 2.05) is 5.83 Å². The molecule has 0 unspecified atom stereocenters. The Balaban J connectivity index is 0. The highest BCUT2D eigenvalue weighted by molar-refractivity contribution is 9.08. The Morgan fingerprint density at radius 1 is 1.67 bits per heavy atom. The molecule has 0 aliphatic carbocycles. The molecule has 0 rings (SSSR count). The van der Waals surface area contributed by atoms with Crippen molar-refractivity contribution in [1.82, 2.24) is 0 Å². The third-order valence-corrected chi connectivity index (χ3v) is 0. The second-order valence-electron chi connectivity index (χ2n) is 0.470. The van der Waals surface area contributed by atoms with Crippen molar-refractivity contribution in [2.45, 2.75) is 6.92 Å². The van der Waals surface area contributed by atoms with Gasteiger partial charge >= 0.3 is 0 Å². The summed E-state index contributed by atoms with van der Waals surface area (Å²) in [5, 5.41) is -0.361. The van der Waals surface area contributed by atoms with Gasteiger partial charge in [-0.2, -0.15) is 0 Å². The van der Waals surface area contributed by atoms with Gasteiger partial charge in [0.1, 0.15) is 0 Å². The third-order valence-electron chi connectivity index (χ3n) is 0. The zero-order valence-corrected chi connectivity index (χ0v) is 6.01. The van der Waals surface area contributed by atoms with Gasteiger partial charge in [0.15, 0.2) is 0 Å². The van der Waals surface area contributed by atoms with Crippen molar-refractivity contribution in [3.05, 3.63) is 0 Å². The van der Waals surface area contributed by atoms with Crippen LogP contribution in [0.1, 0.15) is 6.92 Å². The van der Waals surface area contributed by atoms with E-state index in [0.29, 0.717) is 0 Å². The fraction of sp³-hybridized carbons (Fsp3) is 0.667. The number of hydrogen-bond donors (Lipinski definition) is 0. The summed E-state index contributed by atoms with van der Waals surface area (Å²) in [6.45, 7) is 1.29. The molecule has 0 atom stereocenters. The number of halogens is 2. The van der Waals surface area contributed by atoms with Crippen LogP contribution >= 0.6 is 27.5 Å². The van der Waals surface area contributed by atoms with E-state index in [0.717, 1.165) is 0 Å². The van der Waals surface area contributed by atoms with Crippen molar-refractivity contribution in [2.24, 2.45) is 0 Å². The first-order valence-corrected chi connectivity index (χ1v) is 3.24. The number of alkyl halides is 1. The molecule has 0 aromatic rings. The normalized spacial score (nSPS) is 5.33. The minimum Gasteiger partial charge on any atom is -0.282 e. The van der Waals surface area contributed by atoms with E-state index in [-0.39, 0.29) is 5.24 Å². The summed E-state index contributed by atoms with van der Waals surface area (Å²) in [6, 6.07) is 0. The van der Waals surface area contributed by atoms with E-state index in [2.05, 4.69) is 27.5 Å². The summed E-state index contributed by atoms with van der Waals surface area (Å²) >= 11 is 7.57. The summed E-state index contributed by atoms with van der Waals surface area (Å²) in [7, 11) is 0. The highest BCUT2D eigenvalue weighted by Gasteiger charge is 1.67. The second-order valence-corrected chi connectivity index (χ2v) is 1.00. The molecule has 0 amide bonds. The van der Waals surface area contributed by atoms with Crippen LogP contribution < -0.4 is 0 Å². The van der Waals surface area contributed by atoms with Gasteiger partial charge in [0.25, 0.3) is 0 Å². The van der Waals surface area contributed by atoms with Gasteiger partial charge in [-0.15, -0.1) is 0 Å². The van der Waals surface area contributed by atoms with Gasteiger partial charge in [-0.1, -0.05) is 15.9 Å². The van der Waals surface area contributed by atoms with Crippen molar-refractivity contribution in [3.8, 4) is 0 Å². The first-order chi connectivity index (χ1) is 2.73. The zero-order chi connectivity index (χ0) is 5.58. The van der Waals surface area contributed by atoms with Crippen LogP contribution in [0.25, 0.3) is 0 Å². The van der Waals surface area contributed by atoms with Crippen LogP contribution in [0.5, 0.6) is 0 Å². The molecule has 0 fully saturated rings. The Labute approximate surface area is 50.8 Å². The standard InChI is InChI=1S/C2H3ClO.CH3Br/c1-2(3)4;1-2/h1H3;1H3. The van der Waals surface area contributed by atoms with Gasteiger partial charge in [0.2, 0.25) is 5.24 Å². The maximum Gasteiger partial charge on any atom is 0.218 e. The zero-order valence-electron chi connectivity index (χ0n) is 3.66. The molecular formula is C3H6BrClO. The average molecular weight is 173 g/mol. The Morgan fingerprint density at radius 2 is 1.67 bits per heavy atom. The lowest BCUT2D eigenvalue weighted by atomic mass is 10.9. The number of carbonyl (C=O) groups is 1. The van der Waals surface area contributed by atoms with Gasteiger partial charge in [0, 0.05) is 6.92 Å². The molecule has 0 bridgehead atoms. The van der Waals surface area contributed by atoms with Crippen molar-refractivity contribution >= 4 is 32.8 Å². The molecule has 0 saturated heterocycles. The van der Waals surface area contributed by atoms with E-state index in [9.17, 15) is 4.79 Å². The van der Waals surface area contributed by atoms with E-state index in [1.54, 1.807) is 0 Å². The molecule has 0 saturated carbocycles. The molecule has 0 spiro atoms. The molecular weight excluding hydrogens is 167 g/mol. The lowest BCUT2D eigenvalue weighted by Gasteiger charge is -1.52. The number of carbonyl (C=O) groups excluding carboxylic acids is 1. The van der Waals surface area contributed by atoms with E-state index in [1.165, 1.54) is 6.92 Å². The quantitative estimate of drug-likeness (QED) is 0.403. The molecule has 0 N–H and O–H groups in total. The summed E-state index contributed by atoms with van der Waals surface area (Å²) in [6.07, 6.45) is 0. The van der Waals surface area contributed by atoms with Crippen molar-refractivity contribution in [1.29, 1.82) is 0 Å². The first-order valence-electron chi connectivity index (χ1n) is 1.27. The Kier molecular flexibility index (Phi) is 14.6. The average Bonchev–Trinajstić information content (AvgIpc) is 1.41. The Bertz CT molecular complexity index is 33.8. The first kappa shape index (κ1) is 9.67. The highest BCUT2D eigenvalue weighted by atomic mass is 79.9. The van der Waals surface area contributed by atoms with Crippen molar-refractivity contribution < 1.29 is 4.79 Å². The summed E-state index contributed by atoms with van der Waals surface area (Å²) in [4.78, 5) is 9.21. The van der Waals surface area contributed by atoms with Crippen LogP contribution in [0.3, 0.4) is 0 Å². The SMILES string of the molecule is CBr.CC(=O)Cl. The highest BCUT2D eigenvalue weighted by Crippen LogP contribution is 1.67. The van der Waals surface area contributed by atoms with Gasteiger partial charge in [-0.3, -0.25) is 4.79 Å². The van der Waals surface area contributed by atoms with Crippen molar-refractivity contribution in [3.63, 3.8) is 0 Å². The number of rotatable bonds is 0. The van der Waals surface area contributed by atoms with Crippen LogP contribution in [-0.4, -0.2) is 11.1 Å². The maximum atomic E-state index is 9.21. The van der Waals surface area contributed by atoms with Crippen LogP contribution in [-0.2, 0) is 4.79 Å². The van der Waals surface area contributed by atoms with E-state index < -0.39 is 0 Å². The lowest BCUT2D eigenvalue weighted by molar-refractivity contribution is -0.109. The summed E-state index contributed by atoms with van der Waals surface area (Å²) in [5.74, 6) is 1.81. The summed E-state index contributed by atoms with van der Waals surface area (Å²) < 4.78 is 0. The third kappa shape index (κ3) is 271. The predicted molar refractivity (Wildman–Crippen MR) is 31.4 cm³/mol. The molecule has 0 aliphatic heterocycles. The predicted octanol–water partition coefficient (Wildman–Crippen LogP) is 1.78. The van der Waals surface area contributed by atoms with Crippen LogP contribution in [0, 0.1) is 0 Å². The monoisotopic (exact) mass is 172 g/mol. The summed E-state index contributed by atoms with van der Waals surface area (Å²) in [5.41, 5.74) is 0. The van der Waals surface area contributed by atoms with Gasteiger partial charge in [-0.05, 0) is 17.4 Å². The molecule has 38 valence electrons. The van der Waals surface area contributed by atoms with E-state index >= 15 is 0 Å². The molecule has 0 aliphatic rings. The molecule has 1 nitrogen and oxygen atoms in total. The fourth-order valence-electron chi connectivity index (χ4n) is 0. The van der Waals surface area contributed by atoms with Crippen molar-refractivity contribution in [2.75, 3.05) is 5.83 Å². The largest absolute Gasteiger partial charge is 0.282 e. The van der Waals surface area contributed by atoms with Crippen LogP contribution in [0.15, 0.2) is 0 Å². The molecule has 0 heterocycles. The Morgan fingerprint density at radius 3 is 1.67 bits per heavy atom. The second kappa shape index (κ2) is 9.06. The molecule has 0 aromatic heterocycles. The van der Waals surface area contributed by atoms with Gasteiger partial charge in [-0.25, -0.2) is 0 Å². The molecule has 0 radical (unpaired) electrons. The van der Waals surface area contributed by atoms with Gasteiger partial charge in [0.05, 0.1) is 0 Å². The van der Waals surface area contributed by atoms with Crippen LogP contribution in [0.2, 0.25) is 0 Å². The maximum absolute atomic E-state index is 9.21. The molecule has 6 heavy (non-hydrogen) atoms. The van der Waals surface area contributed by atoms with E-state index in [4.69, 9.17) is 0 Å². The smallest absolute Gasteiger partial charge is 0.218 e. The van der Waals surface area contributed by atoms with Crippen LogP contribution in [0.4, 0.5) is 0 Å². The molecule has 0 aromatic carbocycles. The fourth-order valence-corrected chi connectivity index (χ4v) is 0. The minimum atomic E-state index is -0.361. The Hall–Kier alpha value is 0.440. The molecule has 3 heteroatoms.